The van der Waals surface area contributed by atoms with E-state index >= 15 is 0 Å². The van der Waals surface area contributed by atoms with Crippen LogP contribution in [0.4, 0.5) is 5.95 Å². The largest absolute Gasteiger partial charge is 0.369 e. The minimum Gasteiger partial charge on any atom is -0.369 e. The topological polar surface area (TPSA) is 85.4 Å². The Morgan fingerprint density at radius 2 is 2.25 bits per heavy atom. The van der Waals surface area contributed by atoms with E-state index in [0.29, 0.717) is 5.82 Å². The Balaban J connectivity index is 2.57. The summed E-state index contributed by atoms with van der Waals surface area (Å²) in [4.78, 5) is 10.8. The van der Waals surface area contributed by atoms with E-state index in [1.165, 1.54) is 0 Å². The van der Waals surface area contributed by atoms with Gasteiger partial charge in [-0.15, -0.1) is 0 Å². The fourth-order valence-corrected chi connectivity index (χ4v) is 1.63. The second kappa shape index (κ2) is 4.01. The molecule has 2 aromatic rings. The van der Waals surface area contributed by atoms with Crippen molar-refractivity contribution < 1.29 is 0 Å². The average molecular weight is 236 g/mol. The summed E-state index contributed by atoms with van der Waals surface area (Å²) >= 11 is 4.91. The molecule has 0 aliphatic carbocycles. The maximum Gasteiger partial charge on any atom is 0.224 e. The third-order valence-corrected chi connectivity index (χ3v) is 2.39. The average Bonchev–Trinajstić information content (AvgIpc) is 2.58. The Labute approximate surface area is 97.5 Å². The van der Waals surface area contributed by atoms with Gasteiger partial charge in [0.15, 0.2) is 5.82 Å². The van der Waals surface area contributed by atoms with Crippen LogP contribution in [0.2, 0.25) is 0 Å². The van der Waals surface area contributed by atoms with Gasteiger partial charge in [-0.05, 0) is 24.7 Å². The highest BCUT2D eigenvalue weighted by atomic mass is 32.1. The van der Waals surface area contributed by atoms with Crippen LogP contribution in [-0.2, 0) is 13.5 Å². The Bertz CT molecular complexity index is 570. The van der Waals surface area contributed by atoms with Crippen molar-refractivity contribution in [1.29, 1.82) is 0 Å². The molecule has 0 aliphatic heterocycles. The molecule has 0 amide bonds. The minimum atomic E-state index is 0.227. The molecule has 2 rings (SSSR count). The number of nitrogens with two attached hydrogens (primary N) is 1. The normalized spacial score (nSPS) is 10.6. The summed E-state index contributed by atoms with van der Waals surface area (Å²) in [6.07, 6.45) is 0.870. The first-order valence-corrected chi connectivity index (χ1v) is 5.28. The van der Waals surface area contributed by atoms with Gasteiger partial charge in [-0.1, -0.05) is 6.92 Å². The number of nitrogens with zero attached hydrogens (tertiary/aromatic N) is 4. The maximum absolute atomic E-state index is 5.58. The van der Waals surface area contributed by atoms with Crippen molar-refractivity contribution in [2.75, 3.05) is 5.73 Å². The number of rotatable bonds is 2. The van der Waals surface area contributed by atoms with E-state index in [2.05, 4.69) is 20.1 Å². The predicted octanol–water partition coefficient (Wildman–Crippen LogP) is 1.08. The molecule has 0 atom stereocenters. The van der Waals surface area contributed by atoms with E-state index in [0.717, 1.165) is 17.8 Å². The highest BCUT2D eigenvalue weighted by molar-refractivity contribution is 7.71. The highest BCUT2D eigenvalue weighted by Crippen LogP contribution is 2.15. The molecule has 2 aromatic heterocycles. The van der Waals surface area contributed by atoms with Gasteiger partial charge in [-0.3, -0.25) is 4.68 Å². The van der Waals surface area contributed by atoms with E-state index in [-0.39, 0.29) is 10.7 Å². The van der Waals surface area contributed by atoms with E-state index in [9.17, 15) is 0 Å². The van der Waals surface area contributed by atoms with Gasteiger partial charge in [-0.25, -0.2) is 0 Å². The molecule has 0 saturated heterocycles. The summed E-state index contributed by atoms with van der Waals surface area (Å²) in [5.74, 6) is 0.849. The molecule has 0 fully saturated rings. The lowest BCUT2D eigenvalue weighted by Gasteiger charge is -2.01. The van der Waals surface area contributed by atoms with Crippen LogP contribution in [0.3, 0.4) is 0 Å². The maximum atomic E-state index is 5.58. The van der Waals surface area contributed by atoms with E-state index < -0.39 is 0 Å². The lowest BCUT2D eigenvalue weighted by atomic mass is 10.3. The Morgan fingerprint density at radius 1 is 1.50 bits per heavy atom. The van der Waals surface area contributed by atoms with Crippen molar-refractivity contribution in [2.45, 2.75) is 13.3 Å². The zero-order valence-corrected chi connectivity index (χ0v) is 9.88. The van der Waals surface area contributed by atoms with Crippen molar-refractivity contribution in [3.8, 4) is 11.5 Å². The summed E-state index contributed by atoms with van der Waals surface area (Å²) in [6, 6.07) is 1.95. The van der Waals surface area contributed by atoms with Gasteiger partial charge in [0.25, 0.3) is 0 Å². The molecule has 16 heavy (non-hydrogen) atoms. The van der Waals surface area contributed by atoms with Crippen LogP contribution in [0.25, 0.3) is 11.5 Å². The summed E-state index contributed by atoms with van der Waals surface area (Å²) in [7, 11) is 1.85. The van der Waals surface area contributed by atoms with E-state index in [1.807, 2.05) is 20.0 Å². The Morgan fingerprint density at radius 3 is 2.81 bits per heavy atom. The molecule has 0 aliphatic rings. The summed E-state index contributed by atoms with van der Waals surface area (Å²) in [5.41, 5.74) is 7.42. The Hall–Kier alpha value is -1.76. The third-order valence-electron chi connectivity index (χ3n) is 2.21. The highest BCUT2D eigenvalue weighted by Gasteiger charge is 2.09. The van der Waals surface area contributed by atoms with Gasteiger partial charge >= 0.3 is 0 Å². The zero-order chi connectivity index (χ0) is 11.7. The molecule has 84 valence electrons. The number of aromatic amines is 1. The second-order valence-electron chi connectivity index (χ2n) is 3.36. The fourth-order valence-electron chi connectivity index (χ4n) is 1.44. The fraction of sp³-hybridized carbons (Fsp3) is 0.333. The predicted molar refractivity (Wildman–Crippen MR) is 63.2 cm³/mol. The number of H-pyrrole nitrogens is 1. The van der Waals surface area contributed by atoms with E-state index in [1.54, 1.807) is 4.68 Å². The van der Waals surface area contributed by atoms with Gasteiger partial charge in [0, 0.05) is 7.05 Å². The smallest absolute Gasteiger partial charge is 0.224 e. The van der Waals surface area contributed by atoms with Crippen molar-refractivity contribution in [1.82, 2.24) is 24.7 Å². The lowest BCUT2D eigenvalue weighted by molar-refractivity contribution is 0.747. The SMILES string of the molecule is CCc1cc(-c2nc(=S)nc(N)[nH]2)n(C)n1. The molecule has 0 aromatic carbocycles. The standard InChI is InChI=1S/C9H12N6S/c1-3-5-4-6(15(2)14-5)7-11-8(10)13-9(16)12-7/h4H,3H2,1-2H3,(H3,10,11,12,13,16). The number of anilines is 1. The van der Waals surface area contributed by atoms with Crippen LogP contribution in [0.1, 0.15) is 12.6 Å². The lowest BCUT2D eigenvalue weighted by Crippen LogP contribution is -2.02. The summed E-state index contributed by atoms with van der Waals surface area (Å²) in [5, 5.41) is 4.33. The number of nitrogens with one attached hydrogen (secondary N) is 1. The van der Waals surface area contributed by atoms with E-state index in [4.69, 9.17) is 18.0 Å². The first kappa shape index (κ1) is 10.7. The molecule has 0 radical (unpaired) electrons. The number of nitrogen functional groups attached to an aromatic ring is 1. The second-order valence-corrected chi connectivity index (χ2v) is 3.73. The van der Waals surface area contributed by atoms with Gasteiger partial charge in [-0.2, -0.15) is 15.1 Å². The van der Waals surface area contributed by atoms with Crippen LogP contribution in [0, 0.1) is 4.77 Å². The van der Waals surface area contributed by atoms with Crippen LogP contribution < -0.4 is 5.73 Å². The van der Waals surface area contributed by atoms with Crippen LogP contribution >= 0.6 is 12.2 Å². The van der Waals surface area contributed by atoms with Gasteiger partial charge in [0.2, 0.25) is 10.7 Å². The first-order valence-electron chi connectivity index (χ1n) is 4.87. The summed E-state index contributed by atoms with van der Waals surface area (Å²) < 4.78 is 1.97. The van der Waals surface area contributed by atoms with Crippen molar-refractivity contribution >= 4 is 18.2 Å². The van der Waals surface area contributed by atoms with Crippen molar-refractivity contribution in [3.63, 3.8) is 0 Å². The molecular weight excluding hydrogens is 224 g/mol. The number of aromatic nitrogens is 5. The van der Waals surface area contributed by atoms with Crippen LogP contribution in [-0.4, -0.2) is 24.7 Å². The molecule has 0 saturated carbocycles. The number of aryl methyl sites for hydroxylation is 2. The molecule has 0 unspecified atom stereocenters. The molecule has 2 heterocycles. The van der Waals surface area contributed by atoms with Gasteiger partial charge < -0.3 is 10.7 Å². The quantitative estimate of drug-likeness (QED) is 0.762. The third kappa shape index (κ3) is 1.94. The number of hydrogen-bond donors (Lipinski definition) is 2. The monoisotopic (exact) mass is 236 g/mol. The van der Waals surface area contributed by atoms with Crippen molar-refractivity contribution in [3.05, 3.63) is 16.5 Å². The van der Waals surface area contributed by atoms with Gasteiger partial charge in [0.1, 0.15) is 5.69 Å². The Kier molecular flexibility index (Phi) is 2.69. The minimum absolute atomic E-state index is 0.227. The molecular formula is C9H12N6S. The van der Waals surface area contributed by atoms with Gasteiger partial charge in [0.05, 0.1) is 5.69 Å². The van der Waals surface area contributed by atoms with Crippen LogP contribution in [0.15, 0.2) is 6.07 Å². The molecule has 3 N–H and O–H groups in total. The molecule has 0 bridgehead atoms. The number of hydrogen-bond acceptors (Lipinski definition) is 5. The summed E-state index contributed by atoms with van der Waals surface area (Å²) in [6.45, 7) is 2.04. The van der Waals surface area contributed by atoms with Crippen molar-refractivity contribution in [2.24, 2.45) is 7.05 Å². The molecule has 0 spiro atoms. The molecule has 6 nitrogen and oxygen atoms in total. The first-order chi connectivity index (χ1) is 7.60. The zero-order valence-electron chi connectivity index (χ0n) is 9.06. The molecule has 7 heteroatoms. The van der Waals surface area contributed by atoms with Crippen LogP contribution in [0.5, 0.6) is 0 Å².